The van der Waals surface area contributed by atoms with Crippen LogP contribution in [0.5, 0.6) is 11.5 Å². The minimum absolute atomic E-state index is 0.254. The second kappa shape index (κ2) is 10.1. The lowest BCUT2D eigenvalue weighted by molar-refractivity contribution is -0.145. The molecule has 3 aromatic carbocycles. The second-order valence-electron chi connectivity index (χ2n) is 7.79. The third-order valence-corrected chi connectivity index (χ3v) is 5.29. The summed E-state index contributed by atoms with van der Waals surface area (Å²) in [6.45, 7) is 2.94. The lowest BCUT2D eigenvalue weighted by atomic mass is 10.1. The molecule has 1 unspecified atom stereocenters. The van der Waals surface area contributed by atoms with Gasteiger partial charge < -0.3 is 23.9 Å². The van der Waals surface area contributed by atoms with E-state index in [-0.39, 0.29) is 6.42 Å². The van der Waals surface area contributed by atoms with Gasteiger partial charge in [0, 0.05) is 13.5 Å². The van der Waals surface area contributed by atoms with Crippen molar-refractivity contribution in [1.29, 1.82) is 0 Å². The van der Waals surface area contributed by atoms with Crippen LogP contribution in [-0.4, -0.2) is 42.4 Å². The third-order valence-electron chi connectivity index (χ3n) is 5.29. The van der Waals surface area contributed by atoms with Gasteiger partial charge in [0.2, 0.25) is 0 Å². The fourth-order valence-electron chi connectivity index (χ4n) is 3.38. The van der Waals surface area contributed by atoms with Crippen LogP contribution in [-0.2, 0) is 11.2 Å². The maximum Gasteiger partial charge on any atom is 0.345 e. The number of carboxylic acids is 1. The summed E-state index contributed by atoms with van der Waals surface area (Å²) < 4.78 is 17.3. The number of aromatic nitrogens is 1. The molecular formula is C26H26N2O5. The smallest absolute Gasteiger partial charge is 0.345 e. The lowest BCUT2D eigenvalue weighted by Gasteiger charge is -2.17. The zero-order valence-electron chi connectivity index (χ0n) is 18.6. The molecule has 0 amide bonds. The van der Waals surface area contributed by atoms with E-state index in [0.717, 1.165) is 22.2 Å². The quantitative estimate of drug-likeness (QED) is 0.377. The van der Waals surface area contributed by atoms with Gasteiger partial charge in [0.1, 0.15) is 23.6 Å². The maximum atomic E-state index is 11.7. The molecule has 4 aromatic rings. The van der Waals surface area contributed by atoms with Gasteiger partial charge in [-0.2, -0.15) is 4.98 Å². The van der Waals surface area contributed by atoms with Crippen molar-refractivity contribution in [3.63, 3.8) is 0 Å². The molecule has 1 atom stereocenters. The van der Waals surface area contributed by atoms with Crippen LogP contribution in [0.15, 0.2) is 77.2 Å². The van der Waals surface area contributed by atoms with Crippen LogP contribution in [0, 0.1) is 6.92 Å². The highest BCUT2D eigenvalue weighted by Crippen LogP contribution is 2.22. The molecule has 7 nitrogen and oxygen atoms in total. The summed E-state index contributed by atoms with van der Waals surface area (Å²) in [6, 6.07) is 23.0. The topological polar surface area (TPSA) is 85.0 Å². The van der Waals surface area contributed by atoms with Gasteiger partial charge in [0.05, 0.1) is 6.54 Å². The number of rotatable bonds is 10. The van der Waals surface area contributed by atoms with Crippen LogP contribution < -0.4 is 14.4 Å². The third kappa shape index (κ3) is 5.63. The highest BCUT2D eigenvalue weighted by atomic mass is 16.5. The van der Waals surface area contributed by atoms with E-state index in [1.807, 2.05) is 85.6 Å². The van der Waals surface area contributed by atoms with Crippen LogP contribution in [0.1, 0.15) is 11.1 Å². The van der Waals surface area contributed by atoms with Crippen LogP contribution in [0.25, 0.3) is 11.1 Å². The Kier molecular flexibility index (Phi) is 6.78. The number of ether oxygens (including phenoxy) is 2. The van der Waals surface area contributed by atoms with E-state index in [1.165, 1.54) is 0 Å². The van der Waals surface area contributed by atoms with E-state index in [4.69, 9.17) is 13.9 Å². The first-order valence-corrected chi connectivity index (χ1v) is 10.7. The SMILES string of the molecule is Cc1ccccc1OC(Cc1ccc(OCCN(C)c2nc3ccccc3o2)cc1)C(=O)O. The summed E-state index contributed by atoms with van der Waals surface area (Å²) in [5, 5.41) is 9.58. The van der Waals surface area contributed by atoms with E-state index in [1.54, 1.807) is 6.07 Å². The number of likely N-dealkylation sites (N-methyl/N-ethyl adjacent to an activating group) is 1. The van der Waals surface area contributed by atoms with Crippen molar-refractivity contribution in [2.75, 3.05) is 25.1 Å². The molecular weight excluding hydrogens is 420 g/mol. The van der Waals surface area contributed by atoms with Gasteiger partial charge >= 0.3 is 5.97 Å². The Balaban J connectivity index is 1.30. The number of aryl methyl sites for hydroxylation is 1. The molecule has 1 heterocycles. The standard InChI is InChI=1S/C26H26N2O5/c1-18-7-3-5-9-22(18)32-24(25(29)30)17-19-11-13-20(14-12-19)31-16-15-28(2)26-27-21-8-4-6-10-23(21)33-26/h3-14,24H,15-17H2,1-2H3,(H,29,30). The van der Waals surface area contributed by atoms with Gasteiger partial charge in [-0.25, -0.2) is 4.79 Å². The molecule has 1 aromatic heterocycles. The predicted molar refractivity (Wildman–Crippen MR) is 126 cm³/mol. The summed E-state index contributed by atoms with van der Waals surface area (Å²) in [4.78, 5) is 18.1. The van der Waals surface area contributed by atoms with Crippen molar-refractivity contribution in [2.45, 2.75) is 19.4 Å². The number of carbonyl (C=O) groups is 1. The van der Waals surface area contributed by atoms with Crippen molar-refractivity contribution in [2.24, 2.45) is 0 Å². The molecule has 170 valence electrons. The molecule has 0 radical (unpaired) electrons. The summed E-state index contributed by atoms with van der Waals surface area (Å²) in [6.07, 6.45) is -0.715. The minimum atomic E-state index is -0.999. The van der Waals surface area contributed by atoms with Gasteiger partial charge in [-0.05, 0) is 48.4 Å². The molecule has 0 aliphatic carbocycles. The number of aliphatic carboxylic acids is 1. The fourth-order valence-corrected chi connectivity index (χ4v) is 3.38. The van der Waals surface area contributed by atoms with Gasteiger partial charge in [-0.3, -0.25) is 0 Å². The number of hydrogen-bond acceptors (Lipinski definition) is 6. The second-order valence-corrected chi connectivity index (χ2v) is 7.79. The van der Waals surface area contributed by atoms with Gasteiger partial charge in [0.25, 0.3) is 6.01 Å². The monoisotopic (exact) mass is 446 g/mol. The predicted octanol–water partition coefficient (Wildman–Crippen LogP) is 4.73. The van der Waals surface area contributed by atoms with E-state index < -0.39 is 12.1 Å². The van der Waals surface area contributed by atoms with Crippen LogP contribution in [0.4, 0.5) is 6.01 Å². The molecule has 0 bridgehead atoms. The largest absolute Gasteiger partial charge is 0.492 e. The Morgan fingerprint density at radius 2 is 1.79 bits per heavy atom. The average molecular weight is 447 g/mol. The van der Waals surface area contributed by atoms with Crippen molar-refractivity contribution in [1.82, 2.24) is 4.98 Å². The molecule has 1 N–H and O–H groups in total. The number of benzene rings is 3. The van der Waals surface area contributed by atoms with E-state index in [9.17, 15) is 9.90 Å². The van der Waals surface area contributed by atoms with Crippen LogP contribution >= 0.6 is 0 Å². The average Bonchev–Trinajstić information content (AvgIpc) is 3.25. The van der Waals surface area contributed by atoms with Crippen molar-refractivity contribution < 1.29 is 23.8 Å². The zero-order chi connectivity index (χ0) is 23.2. The molecule has 0 saturated heterocycles. The lowest BCUT2D eigenvalue weighted by Crippen LogP contribution is -2.29. The molecule has 0 fully saturated rings. The van der Waals surface area contributed by atoms with E-state index >= 15 is 0 Å². The number of para-hydroxylation sites is 3. The molecule has 0 saturated carbocycles. The summed E-state index contributed by atoms with van der Waals surface area (Å²) in [5.74, 6) is 0.283. The zero-order valence-corrected chi connectivity index (χ0v) is 18.6. The minimum Gasteiger partial charge on any atom is -0.492 e. The molecule has 0 aliphatic heterocycles. The molecule has 4 rings (SSSR count). The first kappa shape index (κ1) is 22.2. The summed E-state index contributed by atoms with van der Waals surface area (Å²) in [5.41, 5.74) is 3.33. The Bertz CT molecular complexity index is 1190. The number of nitrogens with zero attached hydrogens (tertiary/aromatic N) is 2. The van der Waals surface area contributed by atoms with Gasteiger partial charge in [-0.1, -0.05) is 42.5 Å². The molecule has 0 spiro atoms. The Hall–Kier alpha value is -4.00. The Labute approximate surface area is 192 Å². The Morgan fingerprint density at radius 3 is 2.52 bits per heavy atom. The first-order chi connectivity index (χ1) is 16.0. The van der Waals surface area contributed by atoms with Crippen molar-refractivity contribution >= 4 is 23.1 Å². The first-order valence-electron chi connectivity index (χ1n) is 10.7. The number of hydrogen-bond donors (Lipinski definition) is 1. The van der Waals surface area contributed by atoms with E-state index in [2.05, 4.69) is 4.98 Å². The molecule has 0 aliphatic rings. The summed E-state index contributed by atoms with van der Waals surface area (Å²) in [7, 11) is 1.90. The van der Waals surface area contributed by atoms with Crippen molar-refractivity contribution in [3.05, 3.63) is 83.9 Å². The van der Waals surface area contributed by atoms with Gasteiger partial charge in [-0.15, -0.1) is 0 Å². The number of oxazole rings is 1. The molecule has 7 heteroatoms. The Morgan fingerprint density at radius 1 is 1.06 bits per heavy atom. The summed E-state index contributed by atoms with van der Waals surface area (Å²) >= 11 is 0. The van der Waals surface area contributed by atoms with Crippen molar-refractivity contribution in [3.8, 4) is 11.5 Å². The number of fused-ring (bicyclic) bond motifs is 1. The van der Waals surface area contributed by atoms with Gasteiger partial charge in [0.15, 0.2) is 11.7 Å². The number of anilines is 1. The van der Waals surface area contributed by atoms with Crippen LogP contribution in [0.3, 0.4) is 0 Å². The highest BCUT2D eigenvalue weighted by Gasteiger charge is 2.21. The molecule has 33 heavy (non-hydrogen) atoms. The highest BCUT2D eigenvalue weighted by molar-refractivity contribution is 5.74. The maximum absolute atomic E-state index is 11.7. The fraction of sp³-hybridized carbons (Fsp3) is 0.231. The number of carboxylic acid groups (broad SMARTS) is 1. The van der Waals surface area contributed by atoms with E-state index in [0.29, 0.717) is 30.7 Å². The normalized spacial score (nSPS) is 11.8. The van der Waals surface area contributed by atoms with Crippen LogP contribution in [0.2, 0.25) is 0 Å².